The molecule has 0 aromatic rings. The number of aliphatic hydroxyl groups is 1. The van der Waals surface area contributed by atoms with Crippen LogP contribution in [0.5, 0.6) is 0 Å². The van der Waals surface area contributed by atoms with Gasteiger partial charge in [0.15, 0.2) is 0 Å². The molecule has 0 radical (unpaired) electrons. The third kappa shape index (κ3) is 29.7. The second-order valence-electron chi connectivity index (χ2n) is 8.74. The molecule has 0 bridgehead atoms. The van der Waals surface area contributed by atoms with E-state index in [1.54, 1.807) is 0 Å². The molecule has 0 saturated carbocycles. The molecule has 0 spiro atoms. The molecule has 0 aliphatic carbocycles. The molecule has 0 amide bonds. The predicted octanol–water partition coefficient (Wildman–Crippen LogP) is 1.84. The van der Waals surface area contributed by atoms with E-state index in [0.717, 1.165) is 0 Å². The molecule has 156 valence electrons. The zero-order valence-corrected chi connectivity index (χ0v) is 20.5. The van der Waals surface area contributed by atoms with E-state index in [1.165, 1.54) is 0 Å². The molecule has 0 aliphatic rings. The van der Waals surface area contributed by atoms with E-state index in [4.69, 9.17) is 18.4 Å². The summed E-state index contributed by atoms with van der Waals surface area (Å²) in [5, 5.41) is 8.14. The third-order valence-corrected chi connectivity index (χ3v) is 4.28. The normalized spacial score (nSPS) is 12.2. The average Bonchev–Trinajstić information content (AvgIpc) is 2.07. The topological polar surface area (TPSA) is 131 Å². The Morgan fingerprint density at radius 3 is 0.960 bits per heavy atom. The van der Waals surface area contributed by atoms with Gasteiger partial charge in [-0.3, -0.25) is 0 Å². The van der Waals surface area contributed by atoms with Crippen molar-refractivity contribution in [2.45, 2.75) is 93.0 Å². The number of aliphatic hydroxyl groups excluding tert-OH is 1. The van der Waals surface area contributed by atoms with E-state index in [0.29, 0.717) is 12.5 Å². The van der Waals surface area contributed by atoms with Crippen molar-refractivity contribution >= 4 is 9.05 Å². The Bertz CT molecular complexity index is 266. The molecule has 0 heterocycles. The zero-order chi connectivity index (χ0) is 18.4. The maximum absolute atomic E-state index is 10.5. The first-order chi connectivity index (χ1) is 9.39. The zero-order valence-electron chi connectivity index (χ0n) is 17.9. The summed E-state index contributed by atoms with van der Waals surface area (Å²) in [7, 11) is -3.66. The number of hydrogen-bond donors (Lipinski definition) is 2. The molecule has 7 nitrogen and oxygen atoms in total. The summed E-state index contributed by atoms with van der Waals surface area (Å²) in [6.45, 7) is 21.0. The van der Waals surface area contributed by atoms with Gasteiger partial charge >= 0.3 is 9.05 Å². The van der Waals surface area contributed by atoms with Gasteiger partial charge in [0, 0.05) is 28.3 Å². The summed E-state index contributed by atoms with van der Waals surface area (Å²) < 4.78 is 16.9. The van der Waals surface area contributed by atoms with Gasteiger partial charge in [-0.1, -0.05) is 13.8 Å². The molecule has 6 N–H and O–H groups in total. The summed E-state index contributed by atoms with van der Waals surface area (Å²) in [6.07, 6.45) is 0. The van der Waals surface area contributed by atoms with Crippen molar-refractivity contribution in [3.05, 3.63) is 0 Å². The van der Waals surface area contributed by atoms with Gasteiger partial charge in [-0.05, 0) is 68.2 Å². The molecule has 0 fully saturated rings. The maximum Gasteiger partial charge on any atom is 0.678 e. The minimum absolute atomic E-state index is 0. The van der Waals surface area contributed by atoms with Crippen molar-refractivity contribution in [1.29, 1.82) is 0 Å². The maximum atomic E-state index is 10.5. The largest absolute Gasteiger partial charge is 0.678 e. The fourth-order valence-corrected chi connectivity index (χ4v) is 3.67. The first-order valence-electron chi connectivity index (χ1n) is 7.83. The van der Waals surface area contributed by atoms with Crippen LogP contribution in [0.3, 0.4) is 0 Å². The molecule has 0 unspecified atom stereocenters. The second kappa shape index (κ2) is 13.8. The molecule has 0 aliphatic heterocycles. The summed E-state index contributed by atoms with van der Waals surface area (Å²) in [5.74, 6) is 0.440. The van der Waals surface area contributed by atoms with E-state index >= 15 is 0 Å². The molecule has 25 heavy (non-hydrogen) atoms. The van der Waals surface area contributed by atoms with Gasteiger partial charge in [0.1, 0.15) is 0 Å². The smallest absolute Gasteiger partial charge is 0.412 e. The van der Waals surface area contributed by atoms with E-state index in [9.17, 15) is 4.80 Å². The SMILES string of the molecule is CC(C)(C)O[Si](O)(OC(C)(C)C)OC(C)(C)C.CC(C)CO.O.O.[Ti]. The molecule has 0 rings (SSSR count). The van der Waals surface area contributed by atoms with E-state index < -0.39 is 25.9 Å². The standard InChI is InChI=1S/C12H28O4Si.C4H10O.2H2O.Ti/c1-10(2,3)14-17(13,15-11(4,5)6)16-12(7,8)9;1-4(2)3-5;;;/h13H,1-9H3;4-5H,3H2,1-2H3;2*1H2;. The van der Waals surface area contributed by atoms with E-state index in [-0.39, 0.29) is 32.7 Å². The molecule has 9 heteroatoms. The molecule has 0 saturated heterocycles. The fourth-order valence-electron chi connectivity index (χ4n) is 1.22. The molecule has 0 atom stereocenters. The van der Waals surface area contributed by atoms with Crippen LogP contribution in [-0.2, 0) is 35.0 Å². The predicted molar refractivity (Wildman–Crippen MR) is 99.6 cm³/mol. The van der Waals surface area contributed by atoms with Gasteiger partial charge in [0.2, 0.25) is 0 Å². The molecular weight excluding hydrogens is 380 g/mol. The molecule has 0 aromatic carbocycles. The quantitative estimate of drug-likeness (QED) is 0.668. The van der Waals surface area contributed by atoms with E-state index in [1.807, 2.05) is 76.2 Å². The van der Waals surface area contributed by atoms with Crippen LogP contribution < -0.4 is 0 Å². The number of rotatable bonds is 4. The molecule has 0 aromatic heterocycles. The van der Waals surface area contributed by atoms with Crippen LogP contribution in [0.2, 0.25) is 0 Å². The molecular formula is C16H42O7SiTi. The van der Waals surface area contributed by atoms with Crippen LogP contribution in [0.4, 0.5) is 0 Å². The van der Waals surface area contributed by atoms with Crippen molar-refractivity contribution in [1.82, 2.24) is 0 Å². The minimum Gasteiger partial charge on any atom is -0.412 e. The van der Waals surface area contributed by atoms with Crippen LogP contribution in [-0.4, -0.2) is 53.3 Å². The second-order valence-corrected chi connectivity index (χ2v) is 10.4. The first kappa shape index (κ1) is 36.6. The Hall–Kier alpha value is 0.651. The Morgan fingerprint density at radius 1 is 0.720 bits per heavy atom. The number of hydrogen-bond acceptors (Lipinski definition) is 5. The van der Waals surface area contributed by atoms with Gasteiger partial charge < -0.3 is 34.1 Å². The van der Waals surface area contributed by atoms with Crippen molar-refractivity contribution in [3.8, 4) is 0 Å². The van der Waals surface area contributed by atoms with Crippen LogP contribution in [0.1, 0.15) is 76.2 Å². The van der Waals surface area contributed by atoms with Crippen molar-refractivity contribution in [2.24, 2.45) is 5.92 Å². The van der Waals surface area contributed by atoms with Crippen molar-refractivity contribution < 1.29 is 55.9 Å². The fraction of sp³-hybridized carbons (Fsp3) is 1.00. The Balaban J connectivity index is -0.000000147. The van der Waals surface area contributed by atoms with Gasteiger partial charge in [-0.15, -0.1) is 0 Å². The Morgan fingerprint density at radius 2 is 0.880 bits per heavy atom. The third-order valence-electron chi connectivity index (χ3n) is 1.67. The van der Waals surface area contributed by atoms with Crippen molar-refractivity contribution in [3.63, 3.8) is 0 Å². The van der Waals surface area contributed by atoms with Gasteiger partial charge in [0.25, 0.3) is 0 Å². The first-order valence-corrected chi connectivity index (χ1v) is 9.50. The summed E-state index contributed by atoms with van der Waals surface area (Å²) in [5.41, 5.74) is -1.55. The van der Waals surface area contributed by atoms with Crippen LogP contribution >= 0.6 is 0 Å². The van der Waals surface area contributed by atoms with Crippen LogP contribution in [0.25, 0.3) is 0 Å². The Labute approximate surface area is 170 Å². The van der Waals surface area contributed by atoms with Gasteiger partial charge in [-0.2, -0.15) is 0 Å². The van der Waals surface area contributed by atoms with Crippen LogP contribution in [0.15, 0.2) is 0 Å². The monoisotopic (exact) mass is 422 g/mol. The average molecular weight is 422 g/mol. The summed E-state index contributed by atoms with van der Waals surface area (Å²) in [4.78, 5) is 10.5. The van der Waals surface area contributed by atoms with Gasteiger partial charge in [-0.25, -0.2) is 0 Å². The minimum atomic E-state index is -3.66. The van der Waals surface area contributed by atoms with E-state index in [2.05, 4.69) is 0 Å². The summed E-state index contributed by atoms with van der Waals surface area (Å²) >= 11 is 0. The van der Waals surface area contributed by atoms with Crippen molar-refractivity contribution in [2.75, 3.05) is 6.61 Å². The van der Waals surface area contributed by atoms with Gasteiger partial charge in [0.05, 0.1) is 16.8 Å². The Kier molecular flexibility index (Phi) is 20.1. The van der Waals surface area contributed by atoms with Crippen LogP contribution in [0, 0.1) is 5.92 Å². The summed E-state index contributed by atoms with van der Waals surface area (Å²) in [6, 6.07) is 0.